The number of hydrogen-bond acceptors (Lipinski definition) is 3. The maximum atomic E-state index is 12.6. The highest BCUT2D eigenvalue weighted by atomic mass is 32.2. The topological polar surface area (TPSA) is 69.0 Å². The number of nitrogens with zero attached hydrogens (tertiary/aromatic N) is 1. The first-order valence-electron chi connectivity index (χ1n) is 10.3. The van der Waals surface area contributed by atoms with Crippen molar-refractivity contribution >= 4 is 20.7 Å². The van der Waals surface area contributed by atoms with Crippen LogP contribution in [0.5, 0.6) is 0 Å². The number of likely N-dealkylation sites (tertiary alicyclic amines) is 1. The van der Waals surface area contributed by atoms with Crippen LogP contribution in [-0.4, -0.2) is 36.4 Å². The fourth-order valence-corrected chi connectivity index (χ4v) is 5.80. The van der Waals surface area contributed by atoms with E-state index in [0.29, 0.717) is 5.92 Å². The van der Waals surface area contributed by atoms with E-state index in [2.05, 4.69) is 57.5 Å². The summed E-state index contributed by atoms with van der Waals surface area (Å²) in [6, 6.07) is 19.8. The molecule has 6 heteroatoms. The van der Waals surface area contributed by atoms with Crippen molar-refractivity contribution in [2.45, 2.75) is 29.7 Å². The first-order chi connectivity index (χ1) is 14.6. The first-order valence-corrected chi connectivity index (χ1v) is 12.0. The van der Waals surface area contributed by atoms with Crippen molar-refractivity contribution in [1.29, 1.82) is 0 Å². The molecule has 0 saturated carbocycles. The van der Waals surface area contributed by atoms with E-state index in [0.717, 1.165) is 31.6 Å². The van der Waals surface area contributed by atoms with Crippen LogP contribution in [0.15, 0.2) is 78.1 Å². The summed E-state index contributed by atoms with van der Waals surface area (Å²) >= 11 is 0. The van der Waals surface area contributed by atoms with Crippen molar-refractivity contribution in [3.05, 3.63) is 89.7 Å². The van der Waals surface area contributed by atoms with E-state index >= 15 is 0 Å². The minimum atomic E-state index is -3.35. The lowest BCUT2D eigenvalue weighted by atomic mass is 9.97. The Kier molecular flexibility index (Phi) is 4.97. The van der Waals surface area contributed by atoms with Gasteiger partial charge < -0.3 is 9.97 Å². The number of para-hydroxylation sites is 1. The Balaban J connectivity index is 1.28. The number of nitrogens with one attached hydrogen (secondary N) is 2. The molecule has 1 saturated heterocycles. The summed E-state index contributed by atoms with van der Waals surface area (Å²) in [5, 5.41) is 1.57. The van der Waals surface area contributed by atoms with Gasteiger partial charge in [-0.25, -0.2) is 8.42 Å². The fraction of sp³-hybridized carbons (Fsp3) is 0.250. The molecular weight excluding hydrogens is 394 g/mol. The molecule has 1 fully saturated rings. The Morgan fingerprint density at radius 1 is 1.00 bits per heavy atom. The van der Waals surface area contributed by atoms with E-state index in [4.69, 9.17) is 0 Å². The Morgan fingerprint density at radius 2 is 1.90 bits per heavy atom. The van der Waals surface area contributed by atoms with Gasteiger partial charge in [-0.2, -0.15) is 0 Å². The summed E-state index contributed by atoms with van der Waals surface area (Å²) in [6.45, 7) is 2.98. The Morgan fingerprint density at radius 3 is 2.77 bits per heavy atom. The number of benzene rings is 2. The van der Waals surface area contributed by atoms with Crippen LogP contribution in [-0.2, 0) is 22.1 Å². The molecule has 1 atom stereocenters. The number of fused-ring (bicyclic) bond motifs is 1. The largest absolute Gasteiger partial charge is 0.361 e. The molecule has 5 rings (SSSR count). The lowest BCUT2D eigenvalue weighted by molar-refractivity contribution is 0.328. The molecule has 0 amide bonds. The van der Waals surface area contributed by atoms with Gasteiger partial charge in [0, 0.05) is 36.4 Å². The Bertz CT molecular complexity index is 1260. The van der Waals surface area contributed by atoms with E-state index in [-0.39, 0.29) is 10.8 Å². The molecule has 0 aliphatic carbocycles. The van der Waals surface area contributed by atoms with Crippen LogP contribution in [0.25, 0.3) is 10.9 Å². The Labute approximate surface area is 176 Å². The molecule has 30 heavy (non-hydrogen) atoms. The van der Waals surface area contributed by atoms with Crippen molar-refractivity contribution in [3.63, 3.8) is 0 Å². The zero-order valence-electron chi connectivity index (χ0n) is 16.7. The van der Waals surface area contributed by atoms with Crippen LogP contribution < -0.4 is 0 Å². The van der Waals surface area contributed by atoms with Crippen LogP contribution in [0.4, 0.5) is 0 Å². The van der Waals surface area contributed by atoms with Gasteiger partial charge in [-0.05, 0) is 53.8 Å². The minimum absolute atomic E-state index is 0.0210. The van der Waals surface area contributed by atoms with E-state index in [1.807, 2.05) is 12.1 Å². The van der Waals surface area contributed by atoms with E-state index < -0.39 is 9.84 Å². The van der Waals surface area contributed by atoms with E-state index in [1.54, 1.807) is 18.3 Å². The second kappa shape index (κ2) is 7.78. The second-order valence-electron chi connectivity index (χ2n) is 8.12. The SMILES string of the molecule is O=S(=O)(Cc1cccc(C2CCN(Cc3c[nH]c4ccccc34)C2)c1)c1ccc[nH]1. The first kappa shape index (κ1) is 19.2. The molecule has 2 aromatic carbocycles. The van der Waals surface area contributed by atoms with E-state index in [9.17, 15) is 8.42 Å². The van der Waals surface area contributed by atoms with Crippen molar-refractivity contribution in [2.24, 2.45) is 0 Å². The summed E-state index contributed by atoms with van der Waals surface area (Å²) in [6.07, 6.45) is 4.85. The second-order valence-corrected chi connectivity index (χ2v) is 10.1. The molecule has 5 nitrogen and oxygen atoms in total. The highest BCUT2D eigenvalue weighted by Gasteiger charge is 2.25. The third-order valence-corrected chi connectivity index (χ3v) is 7.66. The van der Waals surface area contributed by atoms with Gasteiger partial charge in [-0.15, -0.1) is 0 Å². The van der Waals surface area contributed by atoms with Gasteiger partial charge in [0.25, 0.3) is 0 Å². The molecule has 2 aromatic heterocycles. The lowest BCUT2D eigenvalue weighted by Crippen LogP contribution is -2.19. The molecule has 0 radical (unpaired) electrons. The molecule has 1 unspecified atom stereocenters. The highest BCUT2D eigenvalue weighted by molar-refractivity contribution is 7.90. The number of hydrogen-bond donors (Lipinski definition) is 2. The summed E-state index contributed by atoms with van der Waals surface area (Å²) in [5.74, 6) is 0.455. The average molecular weight is 420 g/mol. The van der Waals surface area contributed by atoms with Gasteiger partial charge in [-0.1, -0.05) is 42.5 Å². The zero-order valence-corrected chi connectivity index (χ0v) is 17.5. The molecular formula is C24H25N3O2S. The van der Waals surface area contributed by atoms with E-state index in [1.165, 1.54) is 22.0 Å². The predicted molar refractivity (Wildman–Crippen MR) is 119 cm³/mol. The van der Waals surface area contributed by atoms with Crippen molar-refractivity contribution in [3.8, 4) is 0 Å². The van der Waals surface area contributed by atoms with Crippen LogP contribution in [0.2, 0.25) is 0 Å². The summed E-state index contributed by atoms with van der Waals surface area (Å²) in [7, 11) is -3.35. The smallest absolute Gasteiger partial charge is 0.197 e. The lowest BCUT2D eigenvalue weighted by Gasteiger charge is -2.16. The maximum absolute atomic E-state index is 12.6. The number of rotatable bonds is 6. The highest BCUT2D eigenvalue weighted by Crippen LogP contribution is 2.30. The van der Waals surface area contributed by atoms with Gasteiger partial charge in [0.15, 0.2) is 9.84 Å². The van der Waals surface area contributed by atoms with Gasteiger partial charge in [-0.3, -0.25) is 4.90 Å². The van der Waals surface area contributed by atoms with Gasteiger partial charge in [0.1, 0.15) is 5.03 Å². The van der Waals surface area contributed by atoms with Crippen molar-refractivity contribution < 1.29 is 8.42 Å². The molecule has 0 bridgehead atoms. The molecule has 4 aromatic rings. The molecule has 1 aliphatic heterocycles. The van der Waals surface area contributed by atoms with Gasteiger partial charge in [0.2, 0.25) is 0 Å². The zero-order chi connectivity index (χ0) is 20.6. The number of aromatic nitrogens is 2. The van der Waals surface area contributed by atoms with Crippen LogP contribution >= 0.6 is 0 Å². The maximum Gasteiger partial charge on any atom is 0.197 e. The third-order valence-electron chi connectivity index (χ3n) is 6.02. The molecule has 2 N–H and O–H groups in total. The monoisotopic (exact) mass is 419 g/mol. The summed E-state index contributed by atoms with van der Waals surface area (Å²) in [5.41, 5.74) is 4.59. The fourth-order valence-electron chi connectivity index (χ4n) is 4.49. The molecule has 3 heterocycles. The van der Waals surface area contributed by atoms with Crippen LogP contribution in [0, 0.1) is 0 Å². The predicted octanol–water partition coefficient (Wildman–Crippen LogP) is 4.46. The Hall–Kier alpha value is -2.83. The van der Waals surface area contributed by atoms with Gasteiger partial charge >= 0.3 is 0 Å². The van der Waals surface area contributed by atoms with Crippen LogP contribution in [0.3, 0.4) is 0 Å². The average Bonchev–Trinajstić information content (AvgIpc) is 3.50. The minimum Gasteiger partial charge on any atom is -0.361 e. The van der Waals surface area contributed by atoms with Crippen LogP contribution in [0.1, 0.15) is 29.0 Å². The molecule has 154 valence electrons. The third kappa shape index (κ3) is 3.80. The van der Waals surface area contributed by atoms with Crippen molar-refractivity contribution in [2.75, 3.05) is 13.1 Å². The number of aromatic amines is 2. The molecule has 1 aliphatic rings. The normalized spacial score (nSPS) is 17.7. The summed E-state index contributed by atoms with van der Waals surface area (Å²) in [4.78, 5) is 8.66. The van der Waals surface area contributed by atoms with Gasteiger partial charge in [0.05, 0.1) is 5.75 Å². The quantitative estimate of drug-likeness (QED) is 0.485. The molecule has 0 spiro atoms. The number of sulfone groups is 1. The standard InChI is InChI=1S/C24H25N3O2S/c28-30(29,24-9-4-11-25-24)17-18-5-3-6-19(13-18)20-10-12-27(15-20)16-21-14-26-23-8-2-1-7-22(21)23/h1-9,11,13-14,20,25-26H,10,12,15-17H2. The summed E-state index contributed by atoms with van der Waals surface area (Å²) < 4.78 is 25.2. The van der Waals surface area contributed by atoms with Crippen molar-refractivity contribution in [1.82, 2.24) is 14.9 Å². The number of H-pyrrole nitrogens is 2.